The fourth-order valence-electron chi connectivity index (χ4n) is 1.39. The molecule has 2 N–H and O–H groups in total. The van der Waals surface area contributed by atoms with Crippen LogP contribution in [0.1, 0.15) is 6.92 Å². The van der Waals surface area contributed by atoms with Gasteiger partial charge in [0, 0.05) is 15.8 Å². The lowest BCUT2D eigenvalue weighted by atomic mass is 10.2. The summed E-state index contributed by atoms with van der Waals surface area (Å²) in [5.74, 6) is 7.44. The number of nitrogens with zero attached hydrogens (tertiary/aromatic N) is 3. The second-order valence-corrected chi connectivity index (χ2v) is 5.70. The summed E-state index contributed by atoms with van der Waals surface area (Å²) >= 11 is 5.01. The molecule has 6 heteroatoms. The van der Waals surface area contributed by atoms with Crippen LogP contribution in [0.2, 0.25) is 0 Å². The minimum absolute atomic E-state index is 0.645. The Hall–Kier alpha value is -1.27. The second-order valence-electron chi connectivity index (χ2n) is 3.90. The van der Waals surface area contributed by atoms with E-state index in [2.05, 4.69) is 32.7 Å². The van der Waals surface area contributed by atoms with E-state index in [-0.39, 0.29) is 0 Å². The van der Waals surface area contributed by atoms with Crippen molar-refractivity contribution in [3.8, 4) is 11.4 Å². The van der Waals surface area contributed by atoms with E-state index in [9.17, 15) is 0 Å². The van der Waals surface area contributed by atoms with Gasteiger partial charge in [-0.05, 0) is 19.1 Å². The minimum atomic E-state index is 0.645. The summed E-state index contributed by atoms with van der Waals surface area (Å²) < 4.78 is 2.45. The molecule has 0 saturated carbocycles. The average molecular weight is 325 g/mol. The van der Waals surface area contributed by atoms with Crippen LogP contribution in [0, 0.1) is 0 Å². The van der Waals surface area contributed by atoms with Gasteiger partial charge in [0.25, 0.3) is 0 Å². The zero-order valence-electron chi connectivity index (χ0n) is 9.93. The van der Waals surface area contributed by atoms with Crippen molar-refractivity contribution in [1.29, 1.82) is 0 Å². The lowest BCUT2D eigenvalue weighted by molar-refractivity contribution is 0.850. The van der Waals surface area contributed by atoms with Crippen molar-refractivity contribution in [2.45, 2.75) is 12.1 Å². The van der Waals surface area contributed by atoms with E-state index < -0.39 is 0 Å². The van der Waals surface area contributed by atoms with Crippen LogP contribution >= 0.6 is 27.7 Å². The Morgan fingerprint density at radius 2 is 2.17 bits per heavy atom. The van der Waals surface area contributed by atoms with E-state index in [0.29, 0.717) is 11.0 Å². The van der Waals surface area contributed by atoms with Gasteiger partial charge in [0.1, 0.15) is 0 Å². The number of thioether (sulfide) groups is 1. The van der Waals surface area contributed by atoms with Crippen molar-refractivity contribution in [2.75, 3.05) is 11.6 Å². The summed E-state index contributed by atoms with van der Waals surface area (Å²) in [6.45, 7) is 5.82. The molecule has 0 atom stereocenters. The summed E-state index contributed by atoms with van der Waals surface area (Å²) in [6, 6.07) is 7.78. The van der Waals surface area contributed by atoms with E-state index in [0.717, 1.165) is 21.4 Å². The highest BCUT2D eigenvalue weighted by Crippen LogP contribution is 2.28. The maximum absolute atomic E-state index is 6.01. The number of rotatable bonds is 4. The number of hydrogen-bond acceptors (Lipinski definition) is 4. The van der Waals surface area contributed by atoms with Gasteiger partial charge in [-0.2, -0.15) is 0 Å². The zero-order valence-corrected chi connectivity index (χ0v) is 12.3. The van der Waals surface area contributed by atoms with E-state index in [1.807, 2.05) is 31.2 Å². The lowest BCUT2D eigenvalue weighted by Crippen LogP contribution is -2.11. The van der Waals surface area contributed by atoms with Crippen molar-refractivity contribution in [3.63, 3.8) is 0 Å². The quantitative estimate of drug-likeness (QED) is 0.533. The van der Waals surface area contributed by atoms with Gasteiger partial charge in [0.2, 0.25) is 5.16 Å². The third-order valence-corrected chi connectivity index (χ3v) is 4.09. The zero-order chi connectivity index (χ0) is 13.1. The van der Waals surface area contributed by atoms with Gasteiger partial charge in [-0.15, -0.1) is 10.2 Å². The first-order valence-corrected chi connectivity index (χ1v) is 7.10. The van der Waals surface area contributed by atoms with Crippen LogP contribution in [0.25, 0.3) is 11.4 Å². The molecule has 4 nitrogen and oxygen atoms in total. The molecule has 18 heavy (non-hydrogen) atoms. The van der Waals surface area contributed by atoms with Gasteiger partial charge in [-0.1, -0.05) is 52.0 Å². The third kappa shape index (κ3) is 2.76. The predicted octanol–water partition coefficient (Wildman–Crippen LogP) is 3.09. The molecule has 0 spiro atoms. The number of halogens is 1. The van der Waals surface area contributed by atoms with Gasteiger partial charge in [0.15, 0.2) is 5.82 Å². The summed E-state index contributed by atoms with van der Waals surface area (Å²) in [7, 11) is 0. The monoisotopic (exact) mass is 324 g/mol. The van der Waals surface area contributed by atoms with E-state index in [1.165, 1.54) is 16.4 Å². The Labute approximate surface area is 118 Å². The molecule has 0 saturated heterocycles. The molecule has 0 radical (unpaired) electrons. The van der Waals surface area contributed by atoms with E-state index in [1.54, 1.807) is 0 Å². The van der Waals surface area contributed by atoms with E-state index in [4.69, 9.17) is 5.84 Å². The number of hydrogen-bond donors (Lipinski definition) is 1. The van der Waals surface area contributed by atoms with Crippen LogP contribution in [0.4, 0.5) is 0 Å². The Morgan fingerprint density at radius 1 is 1.44 bits per heavy atom. The molecular weight excluding hydrogens is 312 g/mol. The SMILES string of the molecule is C=C(C)CSc1nnc(-c2ccccc2Br)n1N. The van der Waals surface area contributed by atoms with Crippen LogP contribution in [0.5, 0.6) is 0 Å². The first-order valence-electron chi connectivity index (χ1n) is 5.32. The Balaban J connectivity index is 2.31. The number of aromatic nitrogens is 3. The summed E-state index contributed by atoms with van der Waals surface area (Å²) in [5.41, 5.74) is 2.00. The van der Waals surface area contributed by atoms with Crippen LogP contribution < -0.4 is 5.84 Å². The second kappa shape index (κ2) is 5.58. The first kappa shape index (κ1) is 13.2. The van der Waals surface area contributed by atoms with Crippen LogP contribution in [0.3, 0.4) is 0 Å². The highest BCUT2D eigenvalue weighted by molar-refractivity contribution is 9.10. The molecule has 1 aromatic heterocycles. The molecule has 0 aliphatic heterocycles. The highest BCUT2D eigenvalue weighted by Gasteiger charge is 2.13. The molecule has 0 aliphatic rings. The van der Waals surface area contributed by atoms with Crippen LogP contribution in [0.15, 0.2) is 46.0 Å². The molecular formula is C12H13BrN4S. The fourth-order valence-corrected chi connectivity index (χ4v) is 2.55. The van der Waals surface area contributed by atoms with Gasteiger partial charge in [0.05, 0.1) is 0 Å². The Morgan fingerprint density at radius 3 is 2.83 bits per heavy atom. The predicted molar refractivity (Wildman–Crippen MR) is 78.8 cm³/mol. The smallest absolute Gasteiger partial charge is 0.210 e. The van der Waals surface area contributed by atoms with Gasteiger partial charge in [-0.25, -0.2) is 4.68 Å². The number of benzene rings is 1. The molecule has 0 bridgehead atoms. The first-order chi connectivity index (χ1) is 8.59. The topological polar surface area (TPSA) is 56.7 Å². The number of nitrogens with two attached hydrogens (primary N) is 1. The van der Waals surface area contributed by atoms with Gasteiger partial charge in [-0.3, -0.25) is 0 Å². The molecule has 1 heterocycles. The van der Waals surface area contributed by atoms with Crippen molar-refractivity contribution in [3.05, 3.63) is 40.9 Å². The molecule has 0 amide bonds. The van der Waals surface area contributed by atoms with Gasteiger partial charge < -0.3 is 5.84 Å². The summed E-state index contributed by atoms with van der Waals surface area (Å²) in [4.78, 5) is 0. The molecule has 0 aliphatic carbocycles. The van der Waals surface area contributed by atoms with Crippen LogP contribution in [-0.4, -0.2) is 20.6 Å². The largest absolute Gasteiger partial charge is 0.335 e. The molecule has 0 fully saturated rings. The minimum Gasteiger partial charge on any atom is -0.335 e. The highest BCUT2D eigenvalue weighted by atomic mass is 79.9. The standard InChI is InChI=1S/C12H13BrN4S/c1-8(2)7-18-12-16-15-11(17(12)14)9-5-3-4-6-10(9)13/h3-6H,1,7,14H2,2H3. The van der Waals surface area contributed by atoms with Crippen LogP contribution in [-0.2, 0) is 0 Å². The molecule has 0 unspecified atom stereocenters. The van der Waals surface area contributed by atoms with Gasteiger partial charge >= 0.3 is 0 Å². The molecule has 1 aromatic carbocycles. The third-order valence-electron chi connectivity index (χ3n) is 2.23. The number of nitrogen functional groups attached to an aromatic ring is 1. The maximum atomic E-state index is 6.01. The lowest BCUT2D eigenvalue weighted by Gasteiger charge is -2.05. The fraction of sp³-hybridized carbons (Fsp3) is 0.167. The van der Waals surface area contributed by atoms with Crippen molar-refractivity contribution in [1.82, 2.24) is 14.9 Å². The Bertz CT molecular complexity index is 579. The molecule has 94 valence electrons. The summed E-state index contributed by atoms with van der Waals surface area (Å²) in [6.07, 6.45) is 0. The molecule has 2 aromatic rings. The van der Waals surface area contributed by atoms with Crippen molar-refractivity contribution < 1.29 is 0 Å². The normalized spacial score (nSPS) is 10.6. The van der Waals surface area contributed by atoms with E-state index >= 15 is 0 Å². The summed E-state index contributed by atoms with van der Waals surface area (Å²) in [5, 5.41) is 8.91. The van der Waals surface area contributed by atoms with Crippen molar-refractivity contribution in [2.24, 2.45) is 0 Å². The van der Waals surface area contributed by atoms with Crippen molar-refractivity contribution >= 4 is 27.7 Å². The molecule has 2 rings (SSSR count). The Kier molecular flexibility index (Phi) is 4.08. The maximum Gasteiger partial charge on any atom is 0.210 e. The average Bonchev–Trinajstić information content (AvgIpc) is 2.69.